The molecule has 3 aromatic carbocycles. The van der Waals surface area contributed by atoms with Crippen molar-refractivity contribution >= 4 is 23.9 Å². The number of hydrogen-bond acceptors (Lipinski definition) is 8. The lowest BCUT2D eigenvalue weighted by Crippen LogP contribution is -2.13. The van der Waals surface area contributed by atoms with Crippen molar-refractivity contribution in [3.8, 4) is 11.5 Å². The Morgan fingerprint density at radius 3 is 1.27 bits per heavy atom. The van der Waals surface area contributed by atoms with Crippen LogP contribution in [0.4, 0.5) is 0 Å². The molecule has 0 aliphatic rings. The van der Waals surface area contributed by atoms with Crippen LogP contribution in [-0.4, -0.2) is 38.1 Å². The molecule has 0 spiro atoms. The largest absolute Gasteiger partial charge is 0.465 e. The minimum atomic E-state index is -0.699. The molecule has 33 heavy (non-hydrogen) atoms. The molecular weight excluding hydrogens is 428 g/mol. The summed E-state index contributed by atoms with van der Waals surface area (Å²) < 4.78 is 20.1. The molecule has 0 amide bonds. The number of carbonyl (C=O) groups is 4. The highest BCUT2D eigenvalue weighted by Gasteiger charge is 2.18. The number of rotatable bonds is 6. The molecule has 0 saturated carbocycles. The van der Waals surface area contributed by atoms with Gasteiger partial charge in [0.2, 0.25) is 0 Å². The SMILES string of the molecule is COC(=O)c1ccc(C(=O)Oc2ccc(C)cc2OC(=O)c2ccc(C(=O)OC)cc2)cc1. The number of benzene rings is 3. The lowest BCUT2D eigenvalue weighted by molar-refractivity contribution is 0.0591. The van der Waals surface area contributed by atoms with Crippen molar-refractivity contribution in [1.82, 2.24) is 0 Å². The number of hydrogen-bond donors (Lipinski definition) is 0. The van der Waals surface area contributed by atoms with E-state index in [1.165, 1.54) is 68.8 Å². The fourth-order valence-corrected chi connectivity index (χ4v) is 2.82. The first kappa shape index (κ1) is 23.2. The quantitative estimate of drug-likeness (QED) is 0.412. The van der Waals surface area contributed by atoms with Gasteiger partial charge in [-0.3, -0.25) is 0 Å². The van der Waals surface area contributed by atoms with Crippen LogP contribution < -0.4 is 9.47 Å². The van der Waals surface area contributed by atoms with Gasteiger partial charge in [-0.25, -0.2) is 19.2 Å². The van der Waals surface area contributed by atoms with E-state index in [0.717, 1.165) is 5.56 Å². The Morgan fingerprint density at radius 2 is 0.879 bits per heavy atom. The average molecular weight is 448 g/mol. The standard InChI is InChI=1S/C25H20O8/c1-15-4-13-20(32-24(28)18-9-5-16(6-10-18)22(26)30-2)21(14-15)33-25(29)19-11-7-17(8-12-19)23(27)31-3/h4-14H,1-3H3. The molecule has 168 valence electrons. The lowest BCUT2D eigenvalue weighted by atomic mass is 10.1. The van der Waals surface area contributed by atoms with Gasteiger partial charge >= 0.3 is 23.9 Å². The zero-order chi connectivity index (χ0) is 24.0. The Morgan fingerprint density at radius 1 is 0.515 bits per heavy atom. The third kappa shape index (κ3) is 5.62. The number of aryl methyl sites for hydroxylation is 1. The predicted molar refractivity (Wildman–Crippen MR) is 117 cm³/mol. The molecule has 8 nitrogen and oxygen atoms in total. The Balaban J connectivity index is 1.77. The van der Waals surface area contributed by atoms with Crippen LogP contribution in [0.3, 0.4) is 0 Å². The van der Waals surface area contributed by atoms with Crippen LogP contribution >= 0.6 is 0 Å². The van der Waals surface area contributed by atoms with Crippen LogP contribution in [0.2, 0.25) is 0 Å². The smallest absolute Gasteiger partial charge is 0.343 e. The summed E-state index contributed by atoms with van der Waals surface area (Å²) in [5.41, 5.74) is 1.74. The summed E-state index contributed by atoms with van der Waals surface area (Å²) in [5.74, 6) is -2.35. The van der Waals surface area contributed by atoms with E-state index in [0.29, 0.717) is 0 Å². The molecule has 3 rings (SSSR count). The van der Waals surface area contributed by atoms with Crippen LogP contribution in [0, 0.1) is 6.92 Å². The van der Waals surface area contributed by atoms with Gasteiger partial charge < -0.3 is 18.9 Å². The Kier molecular flexibility index (Phi) is 7.20. The number of carbonyl (C=O) groups excluding carboxylic acids is 4. The van der Waals surface area contributed by atoms with Gasteiger partial charge in [0.1, 0.15) is 0 Å². The molecule has 3 aromatic rings. The molecule has 0 unspecified atom stereocenters. The second-order valence-corrected chi connectivity index (χ2v) is 6.87. The molecular formula is C25H20O8. The average Bonchev–Trinajstić information content (AvgIpc) is 2.84. The number of methoxy groups -OCH3 is 2. The molecule has 0 aliphatic heterocycles. The van der Waals surface area contributed by atoms with Gasteiger partial charge in [-0.15, -0.1) is 0 Å². The molecule has 0 radical (unpaired) electrons. The third-order valence-electron chi connectivity index (χ3n) is 4.59. The zero-order valence-corrected chi connectivity index (χ0v) is 18.1. The van der Waals surface area contributed by atoms with Crippen LogP contribution in [0.1, 0.15) is 47.0 Å². The summed E-state index contributed by atoms with van der Waals surface area (Å²) in [4.78, 5) is 48.2. The van der Waals surface area contributed by atoms with Crippen molar-refractivity contribution in [2.75, 3.05) is 14.2 Å². The van der Waals surface area contributed by atoms with Crippen LogP contribution in [-0.2, 0) is 9.47 Å². The van der Waals surface area contributed by atoms with Gasteiger partial charge in [0.15, 0.2) is 11.5 Å². The van der Waals surface area contributed by atoms with Gasteiger partial charge in [-0.2, -0.15) is 0 Å². The van der Waals surface area contributed by atoms with E-state index in [-0.39, 0.29) is 33.8 Å². The second kappa shape index (κ2) is 10.2. The van der Waals surface area contributed by atoms with Gasteiger partial charge in [-0.1, -0.05) is 6.07 Å². The Hall–Kier alpha value is -4.46. The summed E-state index contributed by atoms with van der Waals surface area (Å²) in [7, 11) is 2.52. The molecule has 8 heteroatoms. The van der Waals surface area contributed by atoms with Crippen molar-refractivity contribution in [3.05, 3.63) is 94.5 Å². The first-order chi connectivity index (χ1) is 15.8. The number of esters is 4. The Labute approximate surface area is 189 Å². The van der Waals surface area contributed by atoms with E-state index in [4.69, 9.17) is 9.47 Å². The normalized spacial score (nSPS) is 10.2. The van der Waals surface area contributed by atoms with E-state index >= 15 is 0 Å². The molecule has 0 saturated heterocycles. The van der Waals surface area contributed by atoms with Gasteiger partial charge in [0, 0.05) is 0 Å². The highest BCUT2D eigenvalue weighted by molar-refractivity contribution is 5.96. The molecule has 0 bridgehead atoms. The minimum Gasteiger partial charge on any atom is -0.465 e. The zero-order valence-electron chi connectivity index (χ0n) is 18.1. The molecule has 0 heterocycles. The maximum Gasteiger partial charge on any atom is 0.343 e. The predicted octanol–water partition coefficient (Wildman–Crippen LogP) is 4.01. The van der Waals surface area contributed by atoms with Crippen molar-refractivity contribution in [1.29, 1.82) is 0 Å². The van der Waals surface area contributed by atoms with Crippen molar-refractivity contribution < 1.29 is 38.1 Å². The summed E-state index contributed by atoms with van der Waals surface area (Å²) in [5, 5.41) is 0. The summed E-state index contributed by atoms with van der Waals surface area (Å²) >= 11 is 0. The molecule has 0 aromatic heterocycles. The lowest BCUT2D eigenvalue weighted by Gasteiger charge is -2.12. The molecule has 0 fully saturated rings. The highest BCUT2D eigenvalue weighted by Crippen LogP contribution is 2.30. The van der Waals surface area contributed by atoms with E-state index < -0.39 is 23.9 Å². The topological polar surface area (TPSA) is 105 Å². The summed E-state index contributed by atoms with van der Waals surface area (Å²) in [6.07, 6.45) is 0. The van der Waals surface area contributed by atoms with E-state index in [2.05, 4.69) is 9.47 Å². The third-order valence-corrected chi connectivity index (χ3v) is 4.59. The maximum atomic E-state index is 12.6. The molecule has 0 aliphatic carbocycles. The van der Waals surface area contributed by atoms with E-state index in [9.17, 15) is 19.2 Å². The second-order valence-electron chi connectivity index (χ2n) is 6.87. The highest BCUT2D eigenvalue weighted by atomic mass is 16.6. The molecule has 0 atom stereocenters. The fourth-order valence-electron chi connectivity index (χ4n) is 2.82. The first-order valence-electron chi connectivity index (χ1n) is 9.74. The molecule has 0 N–H and O–H groups in total. The van der Waals surface area contributed by atoms with E-state index in [1.807, 2.05) is 0 Å². The van der Waals surface area contributed by atoms with Crippen molar-refractivity contribution in [3.63, 3.8) is 0 Å². The van der Waals surface area contributed by atoms with E-state index in [1.54, 1.807) is 19.1 Å². The maximum absolute atomic E-state index is 12.6. The summed E-state index contributed by atoms with van der Waals surface area (Å²) in [6.45, 7) is 1.79. The van der Waals surface area contributed by atoms with Crippen molar-refractivity contribution in [2.45, 2.75) is 6.92 Å². The van der Waals surface area contributed by atoms with Crippen LogP contribution in [0.15, 0.2) is 66.7 Å². The monoisotopic (exact) mass is 448 g/mol. The minimum absolute atomic E-state index is 0.0437. The summed E-state index contributed by atoms with van der Waals surface area (Å²) in [6, 6.07) is 16.3. The van der Waals surface area contributed by atoms with Crippen LogP contribution in [0.25, 0.3) is 0 Å². The van der Waals surface area contributed by atoms with Gasteiger partial charge in [0.25, 0.3) is 0 Å². The fraction of sp³-hybridized carbons (Fsp3) is 0.120. The first-order valence-corrected chi connectivity index (χ1v) is 9.74. The van der Waals surface area contributed by atoms with Gasteiger partial charge in [-0.05, 0) is 73.2 Å². The van der Waals surface area contributed by atoms with Crippen molar-refractivity contribution in [2.24, 2.45) is 0 Å². The number of ether oxygens (including phenoxy) is 4. The Bertz CT molecular complexity index is 1190. The van der Waals surface area contributed by atoms with Gasteiger partial charge in [0.05, 0.1) is 36.5 Å². The van der Waals surface area contributed by atoms with Crippen LogP contribution in [0.5, 0.6) is 11.5 Å².